The zero-order valence-electron chi connectivity index (χ0n) is 7.95. The third-order valence-electron chi connectivity index (χ3n) is 2.06. The monoisotopic (exact) mass is 193 g/mol. The van der Waals surface area contributed by atoms with Gasteiger partial charge in [-0.05, 0) is 13.0 Å². The number of ether oxygens (including phenoxy) is 2. The van der Waals surface area contributed by atoms with Crippen molar-refractivity contribution < 1.29 is 14.3 Å². The highest BCUT2D eigenvalue weighted by Crippen LogP contribution is 2.24. The van der Waals surface area contributed by atoms with Gasteiger partial charge in [-0.1, -0.05) is 0 Å². The van der Waals surface area contributed by atoms with Gasteiger partial charge in [0.15, 0.2) is 0 Å². The van der Waals surface area contributed by atoms with E-state index >= 15 is 0 Å². The van der Waals surface area contributed by atoms with E-state index in [0.717, 1.165) is 17.7 Å². The van der Waals surface area contributed by atoms with Crippen molar-refractivity contribution in [1.29, 1.82) is 0 Å². The summed E-state index contributed by atoms with van der Waals surface area (Å²) in [7, 11) is 0. The average molecular weight is 193 g/mol. The highest BCUT2D eigenvalue weighted by molar-refractivity contribution is 5.87. The molecular weight excluding hydrogens is 182 g/mol. The van der Waals surface area contributed by atoms with Crippen LogP contribution in [0.25, 0.3) is 0 Å². The van der Waals surface area contributed by atoms with Crippen LogP contribution in [0.15, 0.2) is 12.3 Å². The summed E-state index contributed by atoms with van der Waals surface area (Å²) >= 11 is 0. The number of hydrogen-bond acceptors (Lipinski definition) is 4. The van der Waals surface area contributed by atoms with E-state index in [4.69, 9.17) is 9.47 Å². The summed E-state index contributed by atoms with van der Waals surface area (Å²) < 4.78 is 10.1. The van der Waals surface area contributed by atoms with Gasteiger partial charge >= 0.3 is 5.97 Å². The lowest BCUT2D eigenvalue weighted by molar-refractivity contribution is 0.0519. The van der Waals surface area contributed by atoms with E-state index in [-0.39, 0.29) is 5.97 Å². The lowest BCUT2D eigenvalue weighted by Crippen LogP contribution is -2.07. The molecule has 74 valence electrons. The van der Waals surface area contributed by atoms with Gasteiger partial charge in [0, 0.05) is 12.0 Å². The SMILES string of the molecule is CCOC(=O)c1cc2c(cn1)OCC2. The van der Waals surface area contributed by atoms with Crippen LogP contribution in [0, 0.1) is 0 Å². The summed E-state index contributed by atoms with van der Waals surface area (Å²) in [6, 6.07) is 1.74. The smallest absolute Gasteiger partial charge is 0.356 e. The van der Waals surface area contributed by atoms with Crippen LogP contribution in [0.4, 0.5) is 0 Å². The first kappa shape index (κ1) is 8.99. The Balaban J connectivity index is 2.24. The molecule has 0 N–H and O–H groups in total. The minimum Gasteiger partial charge on any atom is -0.491 e. The topological polar surface area (TPSA) is 48.4 Å². The lowest BCUT2D eigenvalue weighted by Gasteiger charge is -2.02. The Morgan fingerprint density at radius 2 is 2.57 bits per heavy atom. The Hall–Kier alpha value is -1.58. The number of pyridine rings is 1. The van der Waals surface area contributed by atoms with Crippen LogP contribution >= 0.6 is 0 Å². The number of carbonyl (C=O) groups is 1. The predicted molar refractivity (Wildman–Crippen MR) is 49.4 cm³/mol. The second-order valence-corrected chi connectivity index (χ2v) is 3.00. The molecule has 1 aromatic heterocycles. The van der Waals surface area contributed by atoms with Gasteiger partial charge in [-0.3, -0.25) is 0 Å². The predicted octanol–water partition coefficient (Wildman–Crippen LogP) is 1.19. The molecule has 0 atom stereocenters. The summed E-state index contributed by atoms with van der Waals surface area (Å²) in [6.07, 6.45) is 2.42. The largest absolute Gasteiger partial charge is 0.491 e. The van der Waals surface area contributed by atoms with Gasteiger partial charge in [-0.25, -0.2) is 9.78 Å². The van der Waals surface area contributed by atoms with Crippen molar-refractivity contribution in [3.63, 3.8) is 0 Å². The van der Waals surface area contributed by atoms with E-state index in [9.17, 15) is 4.79 Å². The van der Waals surface area contributed by atoms with Crippen molar-refractivity contribution in [1.82, 2.24) is 4.98 Å². The van der Waals surface area contributed by atoms with Gasteiger partial charge < -0.3 is 9.47 Å². The fraction of sp³-hybridized carbons (Fsp3) is 0.400. The third kappa shape index (κ3) is 1.55. The first-order valence-electron chi connectivity index (χ1n) is 4.60. The Bertz CT molecular complexity index is 362. The molecule has 2 heterocycles. The van der Waals surface area contributed by atoms with Gasteiger partial charge in [0.2, 0.25) is 0 Å². The molecule has 0 radical (unpaired) electrons. The molecule has 0 aromatic carbocycles. The normalized spacial score (nSPS) is 13.2. The minimum absolute atomic E-state index is 0.358. The van der Waals surface area contributed by atoms with Crippen molar-refractivity contribution in [2.75, 3.05) is 13.2 Å². The average Bonchev–Trinajstić information content (AvgIpc) is 2.64. The number of hydrogen-bond donors (Lipinski definition) is 0. The Labute approximate surface area is 81.9 Å². The van der Waals surface area contributed by atoms with E-state index in [0.29, 0.717) is 18.9 Å². The van der Waals surface area contributed by atoms with E-state index in [1.165, 1.54) is 0 Å². The lowest BCUT2D eigenvalue weighted by atomic mass is 10.2. The molecule has 14 heavy (non-hydrogen) atoms. The summed E-state index contributed by atoms with van der Waals surface area (Å²) in [5, 5.41) is 0. The maximum Gasteiger partial charge on any atom is 0.356 e. The van der Waals surface area contributed by atoms with Gasteiger partial charge in [0.25, 0.3) is 0 Å². The van der Waals surface area contributed by atoms with Crippen molar-refractivity contribution in [3.8, 4) is 5.75 Å². The second-order valence-electron chi connectivity index (χ2n) is 3.00. The molecule has 0 saturated carbocycles. The third-order valence-corrected chi connectivity index (χ3v) is 2.06. The van der Waals surface area contributed by atoms with E-state index < -0.39 is 0 Å². The summed E-state index contributed by atoms with van der Waals surface area (Å²) in [5.41, 5.74) is 1.39. The number of rotatable bonds is 2. The van der Waals surface area contributed by atoms with E-state index in [1.54, 1.807) is 19.2 Å². The quantitative estimate of drug-likeness (QED) is 0.662. The second kappa shape index (κ2) is 3.65. The number of fused-ring (bicyclic) bond motifs is 1. The first-order chi connectivity index (χ1) is 6.81. The summed E-state index contributed by atoms with van der Waals surface area (Å²) in [5.74, 6) is 0.403. The van der Waals surface area contributed by atoms with Gasteiger partial charge in [-0.15, -0.1) is 0 Å². The molecule has 1 aliphatic rings. The Morgan fingerprint density at radius 1 is 1.71 bits per heavy atom. The summed E-state index contributed by atoms with van der Waals surface area (Å²) in [4.78, 5) is 15.3. The highest BCUT2D eigenvalue weighted by Gasteiger charge is 2.16. The molecule has 1 aliphatic heterocycles. The molecule has 0 bridgehead atoms. The molecule has 4 nitrogen and oxygen atoms in total. The molecule has 4 heteroatoms. The minimum atomic E-state index is -0.373. The zero-order chi connectivity index (χ0) is 9.97. The Morgan fingerprint density at radius 3 is 3.36 bits per heavy atom. The van der Waals surface area contributed by atoms with Crippen LogP contribution in [0.5, 0.6) is 5.75 Å². The van der Waals surface area contributed by atoms with Crippen molar-refractivity contribution in [2.24, 2.45) is 0 Å². The zero-order valence-corrected chi connectivity index (χ0v) is 7.95. The molecule has 0 spiro atoms. The number of aromatic nitrogens is 1. The van der Waals surface area contributed by atoms with Crippen LogP contribution in [-0.2, 0) is 11.2 Å². The molecule has 0 fully saturated rings. The molecule has 2 rings (SSSR count). The van der Waals surface area contributed by atoms with Crippen molar-refractivity contribution in [2.45, 2.75) is 13.3 Å². The van der Waals surface area contributed by atoms with Crippen LogP contribution in [0.3, 0.4) is 0 Å². The molecular formula is C10H11NO3. The maximum atomic E-state index is 11.3. The number of nitrogens with zero attached hydrogens (tertiary/aromatic N) is 1. The first-order valence-corrected chi connectivity index (χ1v) is 4.60. The fourth-order valence-corrected chi connectivity index (χ4v) is 1.40. The van der Waals surface area contributed by atoms with E-state index in [2.05, 4.69) is 4.98 Å². The van der Waals surface area contributed by atoms with E-state index in [1.807, 2.05) is 0 Å². The highest BCUT2D eigenvalue weighted by atomic mass is 16.5. The van der Waals surface area contributed by atoms with Crippen LogP contribution in [0.1, 0.15) is 23.0 Å². The number of esters is 1. The fourth-order valence-electron chi connectivity index (χ4n) is 1.40. The van der Waals surface area contributed by atoms with Gasteiger partial charge in [-0.2, -0.15) is 0 Å². The van der Waals surface area contributed by atoms with Crippen molar-refractivity contribution >= 4 is 5.97 Å². The molecule has 1 aromatic rings. The van der Waals surface area contributed by atoms with Gasteiger partial charge in [0.05, 0.1) is 19.4 Å². The standard InChI is InChI=1S/C10H11NO3/c1-2-13-10(12)8-5-7-3-4-14-9(7)6-11-8/h5-6H,2-4H2,1H3. The molecule has 0 aliphatic carbocycles. The van der Waals surface area contributed by atoms with Crippen molar-refractivity contribution in [3.05, 3.63) is 23.5 Å². The molecule has 0 unspecified atom stereocenters. The Kier molecular flexibility index (Phi) is 2.35. The molecule has 0 saturated heterocycles. The molecule has 0 amide bonds. The van der Waals surface area contributed by atoms with Crippen LogP contribution in [-0.4, -0.2) is 24.2 Å². The van der Waals surface area contributed by atoms with Gasteiger partial charge in [0.1, 0.15) is 11.4 Å². The maximum absolute atomic E-state index is 11.3. The summed E-state index contributed by atoms with van der Waals surface area (Å²) in [6.45, 7) is 2.81. The van der Waals surface area contributed by atoms with Crippen LogP contribution in [0.2, 0.25) is 0 Å². The number of carbonyl (C=O) groups excluding carboxylic acids is 1. The van der Waals surface area contributed by atoms with Crippen LogP contribution < -0.4 is 4.74 Å².